The SMILES string of the molecule is COC(=O)c1ccccc1NC(=O)[C@H]1[C@@H](C(=O)O)[C@H]2C=C[C@H]1O2. The van der Waals surface area contributed by atoms with Gasteiger partial charge >= 0.3 is 11.9 Å². The average Bonchev–Trinajstić information content (AvgIpc) is 3.15. The topological polar surface area (TPSA) is 102 Å². The van der Waals surface area contributed by atoms with E-state index in [4.69, 9.17) is 4.74 Å². The van der Waals surface area contributed by atoms with E-state index in [0.717, 1.165) is 0 Å². The van der Waals surface area contributed by atoms with Crippen LogP contribution in [0.2, 0.25) is 0 Å². The summed E-state index contributed by atoms with van der Waals surface area (Å²) >= 11 is 0. The Labute approximate surface area is 131 Å². The lowest BCUT2D eigenvalue weighted by atomic mass is 9.82. The summed E-state index contributed by atoms with van der Waals surface area (Å²) in [5, 5.41) is 12.0. The van der Waals surface area contributed by atoms with Crippen molar-refractivity contribution in [1.29, 1.82) is 0 Å². The van der Waals surface area contributed by atoms with E-state index in [2.05, 4.69) is 10.1 Å². The number of methoxy groups -OCH3 is 1. The molecule has 120 valence electrons. The molecule has 2 N–H and O–H groups in total. The Hall–Kier alpha value is -2.67. The van der Waals surface area contributed by atoms with Crippen molar-refractivity contribution >= 4 is 23.5 Å². The number of esters is 1. The van der Waals surface area contributed by atoms with Gasteiger partial charge in [-0.1, -0.05) is 24.3 Å². The third-order valence-corrected chi connectivity index (χ3v) is 4.08. The molecule has 23 heavy (non-hydrogen) atoms. The molecular weight excluding hydrogens is 302 g/mol. The summed E-state index contributed by atoms with van der Waals surface area (Å²) in [5.74, 6) is -3.93. The first-order valence-corrected chi connectivity index (χ1v) is 7.07. The molecule has 2 aliphatic heterocycles. The molecule has 1 amide bonds. The number of ether oxygens (including phenoxy) is 2. The van der Waals surface area contributed by atoms with E-state index in [0.29, 0.717) is 0 Å². The van der Waals surface area contributed by atoms with Gasteiger partial charge in [-0.05, 0) is 12.1 Å². The zero-order valence-corrected chi connectivity index (χ0v) is 12.3. The minimum absolute atomic E-state index is 0.204. The molecule has 0 radical (unpaired) electrons. The zero-order valence-electron chi connectivity index (χ0n) is 12.3. The Bertz CT molecular complexity index is 698. The van der Waals surface area contributed by atoms with Crippen LogP contribution in [0.1, 0.15) is 10.4 Å². The van der Waals surface area contributed by atoms with Crippen LogP contribution < -0.4 is 5.32 Å². The summed E-state index contributed by atoms with van der Waals surface area (Å²) < 4.78 is 10.1. The van der Waals surface area contributed by atoms with Crippen molar-refractivity contribution in [2.75, 3.05) is 12.4 Å². The second kappa shape index (κ2) is 5.85. The summed E-state index contributed by atoms with van der Waals surface area (Å²) in [6.45, 7) is 0. The molecule has 4 atom stereocenters. The first-order valence-electron chi connectivity index (χ1n) is 7.07. The van der Waals surface area contributed by atoms with Crippen LogP contribution in [-0.2, 0) is 19.1 Å². The minimum Gasteiger partial charge on any atom is -0.481 e. The number of benzene rings is 1. The van der Waals surface area contributed by atoms with Crippen molar-refractivity contribution in [2.45, 2.75) is 12.2 Å². The summed E-state index contributed by atoms with van der Waals surface area (Å²) in [7, 11) is 1.25. The Morgan fingerprint density at radius 3 is 2.43 bits per heavy atom. The number of aliphatic carboxylic acids is 1. The number of fused-ring (bicyclic) bond motifs is 2. The van der Waals surface area contributed by atoms with Gasteiger partial charge in [-0.2, -0.15) is 0 Å². The van der Waals surface area contributed by atoms with Crippen molar-refractivity contribution in [3.05, 3.63) is 42.0 Å². The maximum atomic E-state index is 12.5. The summed E-state index contributed by atoms with van der Waals surface area (Å²) in [4.78, 5) is 35.7. The van der Waals surface area contributed by atoms with Gasteiger partial charge in [-0.25, -0.2) is 4.79 Å². The molecule has 2 heterocycles. The number of nitrogens with one attached hydrogen (secondary N) is 1. The molecular formula is C16H15NO6. The first kappa shape index (κ1) is 15.2. The number of rotatable bonds is 4. The van der Waals surface area contributed by atoms with Gasteiger partial charge in [-0.3, -0.25) is 9.59 Å². The Morgan fingerprint density at radius 2 is 1.78 bits per heavy atom. The number of hydrogen-bond donors (Lipinski definition) is 2. The fourth-order valence-electron chi connectivity index (χ4n) is 3.01. The number of carbonyl (C=O) groups is 3. The fourth-order valence-corrected chi connectivity index (χ4v) is 3.01. The lowest BCUT2D eigenvalue weighted by Crippen LogP contribution is -2.39. The maximum Gasteiger partial charge on any atom is 0.339 e. The Morgan fingerprint density at radius 1 is 1.13 bits per heavy atom. The highest BCUT2D eigenvalue weighted by Crippen LogP contribution is 2.40. The van der Waals surface area contributed by atoms with Crippen LogP contribution in [0.3, 0.4) is 0 Å². The van der Waals surface area contributed by atoms with Gasteiger partial charge in [0.2, 0.25) is 5.91 Å². The molecule has 1 fully saturated rings. The van der Waals surface area contributed by atoms with Crippen molar-refractivity contribution in [3.63, 3.8) is 0 Å². The van der Waals surface area contributed by atoms with Gasteiger partial charge < -0.3 is 19.9 Å². The molecule has 0 spiro atoms. The van der Waals surface area contributed by atoms with Gasteiger partial charge in [0.05, 0.1) is 36.5 Å². The molecule has 0 aliphatic carbocycles. The summed E-state index contributed by atoms with van der Waals surface area (Å²) in [5.41, 5.74) is 0.482. The quantitative estimate of drug-likeness (QED) is 0.636. The van der Waals surface area contributed by atoms with Gasteiger partial charge in [0.25, 0.3) is 0 Å². The molecule has 2 aliphatic rings. The van der Waals surface area contributed by atoms with Crippen LogP contribution in [0.25, 0.3) is 0 Å². The molecule has 7 nitrogen and oxygen atoms in total. The van der Waals surface area contributed by atoms with Crippen molar-refractivity contribution in [2.24, 2.45) is 11.8 Å². The monoisotopic (exact) mass is 317 g/mol. The van der Waals surface area contributed by atoms with Crippen molar-refractivity contribution < 1.29 is 29.0 Å². The number of carboxylic acids is 1. The third kappa shape index (κ3) is 2.59. The van der Waals surface area contributed by atoms with Crippen molar-refractivity contribution in [1.82, 2.24) is 0 Å². The lowest BCUT2D eigenvalue weighted by molar-refractivity contribution is -0.145. The molecule has 3 rings (SSSR count). The average molecular weight is 317 g/mol. The standard InChI is InChI=1S/C16H15NO6/c1-22-16(21)8-4-2-3-5-9(8)17-14(18)12-10-6-7-11(23-10)13(12)15(19)20/h2-7,10-13H,1H3,(H,17,18)(H,19,20)/t10-,11-,12-,13+/m1/s1. The van der Waals surface area contributed by atoms with E-state index in [9.17, 15) is 19.5 Å². The highest BCUT2D eigenvalue weighted by molar-refractivity contribution is 6.03. The predicted molar refractivity (Wildman–Crippen MR) is 78.8 cm³/mol. The van der Waals surface area contributed by atoms with Crippen LogP contribution >= 0.6 is 0 Å². The van der Waals surface area contributed by atoms with E-state index in [1.807, 2.05) is 0 Å². The van der Waals surface area contributed by atoms with Gasteiger partial charge in [0.15, 0.2) is 0 Å². The molecule has 1 aromatic carbocycles. The Kier molecular flexibility index (Phi) is 3.87. The van der Waals surface area contributed by atoms with Gasteiger partial charge in [-0.15, -0.1) is 0 Å². The van der Waals surface area contributed by atoms with E-state index in [-0.39, 0.29) is 11.3 Å². The Balaban J connectivity index is 1.84. The molecule has 0 saturated carbocycles. The number of amides is 1. The second-order valence-corrected chi connectivity index (χ2v) is 5.37. The third-order valence-electron chi connectivity index (χ3n) is 4.08. The first-order chi connectivity index (χ1) is 11.0. The van der Waals surface area contributed by atoms with Crippen LogP contribution in [0.5, 0.6) is 0 Å². The molecule has 0 aromatic heterocycles. The maximum absolute atomic E-state index is 12.5. The van der Waals surface area contributed by atoms with E-state index < -0.39 is 41.9 Å². The predicted octanol–water partition coefficient (Wildman–Crippen LogP) is 1.07. The van der Waals surface area contributed by atoms with E-state index in [1.165, 1.54) is 13.2 Å². The van der Waals surface area contributed by atoms with Crippen LogP contribution in [0.4, 0.5) is 5.69 Å². The molecule has 0 unspecified atom stereocenters. The van der Waals surface area contributed by atoms with Crippen LogP contribution in [0.15, 0.2) is 36.4 Å². The van der Waals surface area contributed by atoms with E-state index >= 15 is 0 Å². The molecule has 2 bridgehead atoms. The number of para-hydroxylation sites is 1. The largest absolute Gasteiger partial charge is 0.481 e. The molecule has 1 aromatic rings. The number of hydrogen-bond acceptors (Lipinski definition) is 5. The number of carboxylic acid groups (broad SMARTS) is 1. The highest BCUT2D eigenvalue weighted by atomic mass is 16.5. The van der Waals surface area contributed by atoms with Crippen LogP contribution in [-0.4, -0.2) is 42.3 Å². The van der Waals surface area contributed by atoms with Gasteiger partial charge in [0, 0.05) is 0 Å². The smallest absolute Gasteiger partial charge is 0.339 e. The lowest BCUT2D eigenvalue weighted by Gasteiger charge is -2.21. The zero-order chi connectivity index (χ0) is 16.6. The normalized spacial score (nSPS) is 27.7. The van der Waals surface area contributed by atoms with E-state index in [1.54, 1.807) is 30.4 Å². The summed E-state index contributed by atoms with van der Waals surface area (Å²) in [6, 6.07) is 6.39. The highest BCUT2D eigenvalue weighted by Gasteiger charge is 2.53. The molecule has 7 heteroatoms. The number of anilines is 1. The molecule has 1 saturated heterocycles. The van der Waals surface area contributed by atoms with Gasteiger partial charge in [0.1, 0.15) is 5.92 Å². The second-order valence-electron chi connectivity index (χ2n) is 5.37. The van der Waals surface area contributed by atoms with Crippen LogP contribution in [0, 0.1) is 11.8 Å². The minimum atomic E-state index is -1.08. The van der Waals surface area contributed by atoms with Crippen molar-refractivity contribution in [3.8, 4) is 0 Å². The summed E-state index contributed by atoms with van der Waals surface area (Å²) in [6.07, 6.45) is 2.20. The fraction of sp³-hybridized carbons (Fsp3) is 0.312. The number of carbonyl (C=O) groups excluding carboxylic acids is 2.